The number of hydrogen-bond donors (Lipinski definition) is 0. The summed E-state index contributed by atoms with van der Waals surface area (Å²) in [5, 5.41) is 0. The fourth-order valence-corrected chi connectivity index (χ4v) is 2.13. The monoisotopic (exact) mass is 218 g/mol. The summed E-state index contributed by atoms with van der Waals surface area (Å²) in [4.78, 5) is 13.6. The van der Waals surface area contributed by atoms with Crippen molar-refractivity contribution in [2.24, 2.45) is 0 Å². The fraction of sp³-hybridized carbons (Fsp3) is 0.667. The highest BCUT2D eigenvalue weighted by molar-refractivity contribution is 5.32. The van der Waals surface area contributed by atoms with Crippen molar-refractivity contribution < 1.29 is 0 Å². The van der Waals surface area contributed by atoms with E-state index in [1.165, 1.54) is 18.4 Å². The quantitative estimate of drug-likeness (QED) is 0.744. The molecule has 1 saturated carbocycles. The SMILES string of the molecule is CN1CCN(c2ncc(C3CC3)cn2)CC1. The molecule has 86 valence electrons. The van der Waals surface area contributed by atoms with Crippen molar-refractivity contribution in [1.29, 1.82) is 0 Å². The maximum atomic E-state index is 4.48. The Kier molecular flexibility index (Phi) is 2.52. The second kappa shape index (κ2) is 4.01. The molecule has 0 radical (unpaired) electrons. The predicted octanol–water partition coefficient (Wildman–Crippen LogP) is 1.11. The van der Waals surface area contributed by atoms with Crippen LogP contribution in [0.4, 0.5) is 5.95 Å². The van der Waals surface area contributed by atoms with Gasteiger partial charge in [-0.25, -0.2) is 9.97 Å². The van der Waals surface area contributed by atoms with Gasteiger partial charge in [-0.1, -0.05) is 0 Å². The first-order chi connectivity index (χ1) is 7.83. The largest absolute Gasteiger partial charge is 0.338 e. The van der Waals surface area contributed by atoms with E-state index in [2.05, 4.69) is 26.8 Å². The first kappa shape index (κ1) is 10.0. The number of nitrogens with zero attached hydrogens (tertiary/aromatic N) is 4. The highest BCUT2D eigenvalue weighted by Crippen LogP contribution is 2.39. The minimum absolute atomic E-state index is 0.751. The third kappa shape index (κ3) is 2.02. The maximum Gasteiger partial charge on any atom is 0.225 e. The normalized spacial score (nSPS) is 22.4. The van der Waals surface area contributed by atoms with Crippen molar-refractivity contribution in [3.63, 3.8) is 0 Å². The molecule has 4 heteroatoms. The van der Waals surface area contributed by atoms with Crippen LogP contribution in [0.5, 0.6) is 0 Å². The van der Waals surface area contributed by atoms with Gasteiger partial charge < -0.3 is 9.80 Å². The van der Waals surface area contributed by atoms with Gasteiger partial charge in [0, 0.05) is 38.6 Å². The fourth-order valence-electron chi connectivity index (χ4n) is 2.13. The van der Waals surface area contributed by atoms with Gasteiger partial charge in [-0.15, -0.1) is 0 Å². The van der Waals surface area contributed by atoms with Crippen molar-refractivity contribution in [2.75, 3.05) is 38.1 Å². The molecule has 1 aliphatic carbocycles. The molecule has 16 heavy (non-hydrogen) atoms. The van der Waals surface area contributed by atoms with Gasteiger partial charge in [-0.05, 0) is 31.4 Å². The number of hydrogen-bond acceptors (Lipinski definition) is 4. The Balaban J connectivity index is 1.69. The van der Waals surface area contributed by atoms with Crippen molar-refractivity contribution >= 4 is 5.95 Å². The summed E-state index contributed by atoms with van der Waals surface area (Å²) in [6, 6.07) is 0. The summed E-state index contributed by atoms with van der Waals surface area (Å²) >= 11 is 0. The van der Waals surface area contributed by atoms with Crippen LogP contribution >= 0.6 is 0 Å². The Morgan fingerprint density at radius 1 is 1.06 bits per heavy atom. The Bertz CT molecular complexity index is 350. The Morgan fingerprint density at radius 3 is 2.25 bits per heavy atom. The van der Waals surface area contributed by atoms with Crippen molar-refractivity contribution in [1.82, 2.24) is 14.9 Å². The molecule has 0 amide bonds. The van der Waals surface area contributed by atoms with Crippen molar-refractivity contribution in [3.05, 3.63) is 18.0 Å². The third-order valence-electron chi connectivity index (χ3n) is 3.49. The summed E-state index contributed by atoms with van der Waals surface area (Å²) < 4.78 is 0. The smallest absolute Gasteiger partial charge is 0.225 e. The lowest BCUT2D eigenvalue weighted by molar-refractivity contribution is 0.311. The summed E-state index contributed by atoms with van der Waals surface area (Å²) in [5.74, 6) is 1.65. The van der Waals surface area contributed by atoms with E-state index in [0.717, 1.165) is 38.0 Å². The second-order valence-corrected chi connectivity index (χ2v) is 4.88. The molecule has 1 aliphatic heterocycles. The van der Waals surface area contributed by atoms with E-state index in [9.17, 15) is 0 Å². The third-order valence-corrected chi connectivity index (χ3v) is 3.49. The van der Waals surface area contributed by atoms with Gasteiger partial charge >= 0.3 is 0 Å². The van der Waals surface area contributed by atoms with Gasteiger partial charge in [0.15, 0.2) is 0 Å². The highest BCUT2D eigenvalue weighted by atomic mass is 15.3. The summed E-state index contributed by atoms with van der Waals surface area (Å²) in [6.07, 6.45) is 6.66. The molecule has 2 fully saturated rings. The van der Waals surface area contributed by atoms with E-state index in [4.69, 9.17) is 0 Å². The van der Waals surface area contributed by atoms with Gasteiger partial charge in [-0.3, -0.25) is 0 Å². The molecule has 0 N–H and O–H groups in total. The topological polar surface area (TPSA) is 32.3 Å². The maximum absolute atomic E-state index is 4.48. The van der Waals surface area contributed by atoms with Gasteiger partial charge in [0.05, 0.1) is 0 Å². The number of anilines is 1. The van der Waals surface area contributed by atoms with E-state index in [-0.39, 0.29) is 0 Å². The lowest BCUT2D eigenvalue weighted by Gasteiger charge is -2.32. The highest BCUT2D eigenvalue weighted by Gasteiger charge is 2.24. The molecule has 4 nitrogen and oxygen atoms in total. The van der Waals surface area contributed by atoms with Crippen LogP contribution in [-0.4, -0.2) is 48.1 Å². The first-order valence-corrected chi connectivity index (χ1v) is 6.08. The lowest BCUT2D eigenvalue weighted by atomic mass is 10.2. The molecule has 1 saturated heterocycles. The van der Waals surface area contributed by atoms with Crippen LogP contribution in [-0.2, 0) is 0 Å². The Labute approximate surface area is 96.3 Å². The molecule has 0 spiro atoms. The molecule has 0 atom stereocenters. The zero-order valence-electron chi connectivity index (χ0n) is 9.76. The predicted molar refractivity (Wildman–Crippen MR) is 63.7 cm³/mol. The molecule has 2 heterocycles. The zero-order chi connectivity index (χ0) is 11.0. The molecule has 0 bridgehead atoms. The van der Waals surface area contributed by atoms with E-state index in [1.807, 2.05) is 12.4 Å². The number of aromatic nitrogens is 2. The van der Waals surface area contributed by atoms with Gasteiger partial charge in [0.25, 0.3) is 0 Å². The molecule has 1 aromatic heterocycles. The minimum Gasteiger partial charge on any atom is -0.338 e. The van der Waals surface area contributed by atoms with E-state index < -0.39 is 0 Å². The molecule has 0 aromatic carbocycles. The molecule has 2 aliphatic rings. The van der Waals surface area contributed by atoms with E-state index >= 15 is 0 Å². The van der Waals surface area contributed by atoms with Crippen molar-refractivity contribution in [2.45, 2.75) is 18.8 Å². The molecule has 0 unspecified atom stereocenters. The van der Waals surface area contributed by atoms with Gasteiger partial charge in [0.2, 0.25) is 5.95 Å². The standard InChI is InChI=1S/C12H18N4/c1-15-4-6-16(7-5-15)12-13-8-11(9-14-12)10-2-3-10/h8-10H,2-7H2,1H3. The zero-order valence-corrected chi connectivity index (χ0v) is 9.76. The van der Waals surface area contributed by atoms with Crippen LogP contribution in [0.15, 0.2) is 12.4 Å². The van der Waals surface area contributed by atoms with Crippen LogP contribution in [0.2, 0.25) is 0 Å². The van der Waals surface area contributed by atoms with E-state index in [1.54, 1.807) is 0 Å². The molecular formula is C12H18N4. The minimum atomic E-state index is 0.751. The molecular weight excluding hydrogens is 200 g/mol. The average molecular weight is 218 g/mol. The summed E-state index contributed by atoms with van der Waals surface area (Å²) in [7, 11) is 2.16. The lowest BCUT2D eigenvalue weighted by Crippen LogP contribution is -2.45. The summed E-state index contributed by atoms with van der Waals surface area (Å²) in [5.41, 5.74) is 1.32. The average Bonchev–Trinajstić information content (AvgIpc) is 3.14. The van der Waals surface area contributed by atoms with E-state index in [0.29, 0.717) is 0 Å². The van der Waals surface area contributed by atoms with Crippen LogP contribution in [0.1, 0.15) is 24.3 Å². The van der Waals surface area contributed by atoms with Gasteiger partial charge in [0.1, 0.15) is 0 Å². The molecule has 3 rings (SSSR count). The second-order valence-electron chi connectivity index (χ2n) is 4.88. The number of likely N-dealkylation sites (N-methyl/N-ethyl adjacent to an activating group) is 1. The number of piperazine rings is 1. The Morgan fingerprint density at radius 2 is 1.69 bits per heavy atom. The summed E-state index contributed by atoms with van der Waals surface area (Å²) in [6.45, 7) is 4.29. The van der Waals surface area contributed by atoms with Gasteiger partial charge in [-0.2, -0.15) is 0 Å². The van der Waals surface area contributed by atoms with Crippen LogP contribution in [0.3, 0.4) is 0 Å². The number of rotatable bonds is 2. The van der Waals surface area contributed by atoms with Crippen LogP contribution < -0.4 is 4.90 Å². The molecule has 1 aromatic rings. The Hall–Kier alpha value is -1.16. The van der Waals surface area contributed by atoms with Crippen LogP contribution in [0, 0.1) is 0 Å². The van der Waals surface area contributed by atoms with Crippen LogP contribution in [0.25, 0.3) is 0 Å². The van der Waals surface area contributed by atoms with Crippen molar-refractivity contribution in [3.8, 4) is 0 Å². The first-order valence-electron chi connectivity index (χ1n) is 6.08.